The lowest BCUT2D eigenvalue weighted by Gasteiger charge is -2.18. The average Bonchev–Trinajstić information content (AvgIpc) is 3.48. The topological polar surface area (TPSA) is 98.7 Å². The van der Waals surface area contributed by atoms with E-state index < -0.39 is 0 Å². The minimum atomic E-state index is -0.113. The Morgan fingerprint density at radius 1 is 1.27 bits per heavy atom. The summed E-state index contributed by atoms with van der Waals surface area (Å²) >= 11 is 2.87. The quantitative estimate of drug-likeness (QED) is 0.492. The van der Waals surface area contributed by atoms with E-state index in [2.05, 4.69) is 32.6 Å². The van der Waals surface area contributed by atoms with Gasteiger partial charge in [0, 0.05) is 12.5 Å². The summed E-state index contributed by atoms with van der Waals surface area (Å²) in [6.45, 7) is 4.79. The largest absolute Gasteiger partial charge is 0.469 e. The average molecular weight is 447 g/mol. The van der Waals surface area contributed by atoms with Crippen LogP contribution >= 0.6 is 23.1 Å². The maximum atomic E-state index is 12.5. The molecule has 30 heavy (non-hydrogen) atoms. The first kappa shape index (κ1) is 21.0. The van der Waals surface area contributed by atoms with Crippen LogP contribution in [-0.2, 0) is 11.3 Å². The number of nitrogens with one attached hydrogen (secondary N) is 1. The lowest BCUT2D eigenvalue weighted by atomic mass is 9.90. The van der Waals surface area contributed by atoms with E-state index in [1.54, 1.807) is 6.26 Å². The molecule has 1 saturated carbocycles. The minimum absolute atomic E-state index is 0.113. The van der Waals surface area contributed by atoms with Gasteiger partial charge in [0.2, 0.25) is 11.0 Å². The standard InChI is InChI=1S/C20H26N6O2S2/c1-3-10-26-17(15-9-11-28-13(15)2)22-25-20(26)29-12-16(27)21-19-24-23-18(30-19)14-7-5-4-6-8-14/h9,11,14H,3-8,10,12H2,1-2H3,(H,21,24,27). The van der Waals surface area contributed by atoms with E-state index in [4.69, 9.17) is 4.42 Å². The molecule has 0 radical (unpaired) electrons. The normalized spacial score (nSPS) is 14.9. The van der Waals surface area contributed by atoms with Crippen molar-refractivity contribution in [1.29, 1.82) is 0 Å². The van der Waals surface area contributed by atoms with Gasteiger partial charge in [0.25, 0.3) is 0 Å². The smallest absolute Gasteiger partial charge is 0.236 e. The highest BCUT2D eigenvalue weighted by molar-refractivity contribution is 7.99. The number of amides is 1. The number of hydrogen-bond acceptors (Lipinski definition) is 8. The van der Waals surface area contributed by atoms with Crippen molar-refractivity contribution < 1.29 is 9.21 Å². The van der Waals surface area contributed by atoms with Crippen molar-refractivity contribution in [1.82, 2.24) is 25.0 Å². The van der Waals surface area contributed by atoms with Gasteiger partial charge in [0.15, 0.2) is 11.0 Å². The maximum absolute atomic E-state index is 12.5. The molecule has 160 valence electrons. The Morgan fingerprint density at radius 3 is 2.83 bits per heavy atom. The van der Waals surface area contributed by atoms with Crippen LogP contribution < -0.4 is 5.32 Å². The van der Waals surface area contributed by atoms with Crippen molar-refractivity contribution in [2.45, 2.75) is 70.0 Å². The second-order valence-electron chi connectivity index (χ2n) is 7.47. The zero-order valence-corrected chi connectivity index (χ0v) is 18.9. The Kier molecular flexibility index (Phi) is 6.83. The number of carbonyl (C=O) groups is 1. The molecule has 10 heteroatoms. The van der Waals surface area contributed by atoms with Crippen LogP contribution in [0.5, 0.6) is 0 Å². The van der Waals surface area contributed by atoms with Crippen LogP contribution in [-0.4, -0.2) is 36.6 Å². The zero-order valence-electron chi connectivity index (χ0n) is 17.3. The molecule has 0 saturated heterocycles. The molecule has 3 aromatic heterocycles. The van der Waals surface area contributed by atoms with E-state index >= 15 is 0 Å². The van der Waals surface area contributed by atoms with Gasteiger partial charge in [-0.15, -0.1) is 20.4 Å². The van der Waals surface area contributed by atoms with Crippen molar-refractivity contribution in [3.63, 3.8) is 0 Å². The number of hydrogen-bond donors (Lipinski definition) is 1. The molecule has 0 spiro atoms. The molecule has 0 aromatic carbocycles. The fourth-order valence-corrected chi connectivity index (χ4v) is 5.42. The van der Waals surface area contributed by atoms with Gasteiger partial charge in [0.1, 0.15) is 10.8 Å². The lowest BCUT2D eigenvalue weighted by molar-refractivity contribution is -0.113. The molecule has 3 aromatic rings. The molecule has 1 N–H and O–H groups in total. The highest BCUT2D eigenvalue weighted by Crippen LogP contribution is 2.35. The molecule has 1 aliphatic rings. The molecule has 8 nitrogen and oxygen atoms in total. The van der Waals surface area contributed by atoms with E-state index in [0.29, 0.717) is 11.0 Å². The van der Waals surface area contributed by atoms with Gasteiger partial charge in [-0.25, -0.2) is 0 Å². The van der Waals surface area contributed by atoms with Crippen LogP contribution in [0.4, 0.5) is 5.13 Å². The van der Waals surface area contributed by atoms with Crippen molar-refractivity contribution in [2.75, 3.05) is 11.1 Å². The lowest BCUT2D eigenvalue weighted by Crippen LogP contribution is -2.14. The van der Waals surface area contributed by atoms with Crippen molar-refractivity contribution in [3.05, 3.63) is 23.1 Å². The summed E-state index contributed by atoms with van der Waals surface area (Å²) in [4.78, 5) is 12.5. The summed E-state index contributed by atoms with van der Waals surface area (Å²) in [5.41, 5.74) is 0.927. The monoisotopic (exact) mass is 446 g/mol. The van der Waals surface area contributed by atoms with E-state index in [1.165, 1.54) is 55.2 Å². The Labute approximate surface area is 183 Å². The molecule has 0 bridgehead atoms. The van der Waals surface area contributed by atoms with Crippen LogP contribution in [0.3, 0.4) is 0 Å². The van der Waals surface area contributed by atoms with Crippen LogP contribution in [0.25, 0.3) is 11.4 Å². The van der Waals surface area contributed by atoms with Crippen molar-refractivity contribution >= 4 is 34.1 Å². The van der Waals surface area contributed by atoms with Gasteiger partial charge in [-0.2, -0.15) is 0 Å². The van der Waals surface area contributed by atoms with Gasteiger partial charge < -0.3 is 8.98 Å². The van der Waals surface area contributed by atoms with Crippen molar-refractivity contribution in [3.8, 4) is 11.4 Å². The number of nitrogens with zero attached hydrogens (tertiary/aromatic N) is 5. The minimum Gasteiger partial charge on any atom is -0.469 e. The van der Waals surface area contributed by atoms with Gasteiger partial charge in [0.05, 0.1) is 17.6 Å². The Balaban J connectivity index is 1.37. The summed E-state index contributed by atoms with van der Waals surface area (Å²) < 4.78 is 7.45. The first-order chi connectivity index (χ1) is 14.7. The highest BCUT2D eigenvalue weighted by atomic mass is 32.2. The molecular weight excluding hydrogens is 420 g/mol. The summed E-state index contributed by atoms with van der Waals surface area (Å²) in [5, 5.41) is 22.3. The van der Waals surface area contributed by atoms with Crippen LogP contribution in [0.15, 0.2) is 21.9 Å². The summed E-state index contributed by atoms with van der Waals surface area (Å²) in [5.74, 6) is 2.20. The highest BCUT2D eigenvalue weighted by Gasteiger charge is 2.21. The second kappa shape index (κ2) is 9.74. The van der Waals surface area contributed by atoms with Crippen LogP contribution in [0.2, 0.25) is 0 Å². The fourth-order valence-electron chi connectivity index (χ4n) is 3.72. The molecular formula is C20H26N6O2S2. The SMILES string of the molecule is CCCn1c(SCC(=O)Nc2nnc(C3CCCCC3)s2)nnc1-c1ccoc1C. The number of anilines is 1. The third kappa shape index (κ3) is 4.75. The maximum Gasteiger partial charge on any atom is 0.236 e. The molecule has 1 fully saturated rings. The van der Waals surface area contributed by atoms with E-state index in [1.807, 2.05) is 17.6 Å². The number of aryl methyl sites for hydroxylation is 1. The zero-order chi connectivity index (χ0) is 20.9. The van der Waals surface area contributed by atoms with Gasteiger partial charge >= 0.3 is 0 Å². The molecule has 1 aliphatic carbocycles. The third-order valence-corrected chi connectivity index (χ3v) is 7.21. The fraction of sp³-hybridized carbons (Fsp3) is 0.550. The first-order valence-corrected chi connectivity index (χ1v) is 12.2. The Morgan fingerprint density at radius 2 is 2.10 bits per heavy atom. The van der Waals surface area contributed by atoms with E-state index in [-0.39, 0.29) is 11.7 Å². The Bertz CT molecular complexity index is 989. The molecule has 0 unspecified atom stereocenters. The first-order valence-electron chi connectivity index (χ1n) is 10.4. The third-order valence-electron chi connectivity index (χ3n) is 5.24. The predicted molar refractivity (Wildman–Crippen MR) is 118 cm³/mol. The second-order valence-corrected chi connectivity index (χ2v) is 9.42. The number of furan rings is 1. The molecule has 4 rings (SSSR count). The van der Waals surface area contributed by atoms with Crippen LogP contribution in [0, 0.1) is 6.92 Å². The number of carbonyl (C=O) groups excluding carboxylic acids is 1. The summed E-state index contributed by atoms with van der Waals surface area (Å²) in [7, 11) is 0. The number of thioether (sulfide) groups is 1. The van der Waals surface area contributed by atoms with Gasteiger partial charge in [-0.05, 0) is 32.3 Å². The van der Waals surface area contributed by atoms with E-state index in [9.17, 15) is 4.79 Å². The molecule has 0 aliphatic heterocycles. The van der Waals surface area contributed by atoms with E-state index in [0.717, 1.165) is 40.3 Å². The van der Waals surface area contributed by atoms with Crippen LogP contribution in [0.1, 0.15) is 62.1 Å². The van der Waals surface area contributed by atoms with Gasteiger partial charge in [-0.1, -0.05) is 49.3 Å². The molecule has 3 heterocycles. The molecule has 1 amide bonds. The number of rotatable bonds is 8. The molecule has 0 atom stereocenters. The summed E-state index contributed by atoms with van der Waals surface area (Å²) in [6.07, 6.45) is 8.74. The van der Waals surface area contributed by atoms with Crippen molar-refractivity contribution in [2.24, 2.45) is 0 Å². The van der Waals surface area contributed by atoms with Gasteiger partial charge in [-0.3, -0.25) is 10.1 Å². The predicted octanol–water partition coefficient (Wildman–Crippen LogP) is 4.89. The number of aromatic nitrogens is 5. The Hall–Kier alpha value is -2.20. The summed E-state index contributed by atoms with van der Waals surface area (Å²) in [6, 6.07) is 1.89.